The maximum absolute atomic E-state index is 11.7. The SMILES string of the molecule is CC(C)CCC[C@@H](C)[C@H]1CC[C@H]2[C@@H]3CC=C4C[C@](O)(C([SeH])CCCC(=O)OC#N)CC[C@]4(C)[C@H]3CC[C@]12C. The fourth-order valence-electron chi connectivity index (χ4n) is 9.79. The van der Waals surface area contributed by atoms with Crippen molar-refractivity contribution in [2.75, 3.05) is 0 Å². The summed E-state index contributed by atoms with van der Waals surface area (Å²) in [6, 6.07) is 0. The molecule has 0 spiro atoms. The molecule has 0 heterocycles. The molecule has 0 amide bonds. The Morgan fingerprint density at radius 3 is 2.58 bits per heavy atom. The Bertz CT molecular complexity index is 926. The summed E-state index contributed by atoms with van der Waals surface area (Å²) in [5.41, 5.74) is 1.52. The van der Waals surface area contributed by atoms with Crippen LogP contribution in [0.5, 0.6) is 0 Å². The zero-order valence-corrected chi connectivity index (χ0v) is 26.6. The summed E-state index contributed by atoms with van der Waals surface area (Å²) in [6.07, 6.45) is 19.3. The van der Waals surface area contributed by atoms with Gasteiger partial charge in [0.1, 0.15) is 0 Å². The molecule has 4 aliphatic carbocycles. The van der Waals surface area contributed by atoms with Crippen molar-refractivity contribution in [3.63, 3.8) is 0 Å². The van der Waals surface area contributed by atoms with E-state index in [0.29, 0.717) is 11.8 Å². The average molecular weight is 591 g/mol. The molecule has 1 unspecified atom stereocenters. The van der Waals surface area contributed by atoms with Gasteiger partial charge in [-0.2, -0.15) is 0 Å². The molecule has 4 aliphatic rings. The minimum atomic E-state index is -0.718. The van der Waals surface area contributed by atoms with Gasteiger partial charge in [0.2, 0.25) is 0 Å². The molecule has 9 atom stereocenters. The molecule has 0 saturated heterocycles. The standard InChI is InChI=1S/C33H53NO3Se/c1-22(2)8-6-9-23(3)26-14-15-27-25-13-12-24-20-33(36,29(38)10-7-11-30(35)37-21-34)19-18-31(24,4)28(25)16-17-32(26,27)5/h12,22-23,25-29,36,38H,6-11,13-20H2,1-5H3/t23-,25+,26-,27+,28+,29?,31+,32-,33+/m1/s1. The number of allylic oxidation sites excluding steroid dienone is 1. The zero-order valence-electron chi connectivity index (χ0n) is 24.7. The number of fused-ring (bicyclic) bond motifs is 5. The van der Waals surface area contributed by atoms with E-state index in [4.69, 9.17) is 5.26 Å². The van der Waals surface area contributed by atoms with Gasteiger partial charge in [0.05, 0.1) is 0 Å². The van der Waals surface area contributed by atoms with Gasteiger partial charge >= 0.3 is 208 Å². The predicted molar refractivity (Wildman–Crippen MR) is 154 cm³/mol. The van der Waals surface area contributed by atoms with Crippen molar-refractivity contribution in [2.24, 2.45) is 46.3 Å². The van der Waals surface area contributed by atoms with E-state index in [-0.39, 0.29) is 16.7 Å². The Balaban J connectivity index is 1.41. The van der Waals surface area contributed by atoms with Crippen LogP contribution in [0.3, 0.4) is 0 Å². The van der Waals surface area contributed by atoms with Gasteiger partial charge in [-0.15, -0.1) is 0 Å². The normalized spacial score (nSPS) is 39.8. The van der Waals surface area contributed by atoms with E-state index in [1.807, 2.05) is 0 Å². The van der Waals surface area contributed by atoms with Crippen molar-refractivity contribution in [1.29, 1.82) is 5.26 Å². The molecular weight excluding hydrogens is 537 g/mol. The quantitative estimate of drug-likeness (QED) is 0.123. The van der Waals surface area contributed by atoms with Crippen LogP contribution in [0.2, 0.25) is 4.82 Å². The number of carbonyl (C=O) groups is 1. The van der Waals surface area contributed by atoms with Crippen LogP contribution in [0, 0.1) is 57.9 Å². The summed E-state index contributed by atoms with van der Waals surface area (Å²) >= 11 is 2.69. The molecule has 1 N–H and O–H groups in total. The molecular formula is C33H53NO3Se. The van der Waals surface area contributed by atoms with Gasteiger partial charge < -0.3 is 0 Å². The van der Waals surface area contributed by atoms with Crippen LogP contribution in [0.4, 0.5) is 0 Å². The molecule has 3 fully saturated rings. The molecule has 4 nitrogen and oxygen atoms in total. The Morgan fingerprint density at radius 2 is 1.87 bits per heavy atom. The summed E-state index contributed by atoms with van der Waals surface area (Å²) in [7, 11) is 0. The molecule has 0 aromatic carbocycles. The fourth-order valence-corrected chi connectivity index (χ4v) is 10.6. The van der Waals surface area contributed by atoms with E-state index in [0.717, 1.165) is 61.2 Å². The van der Waals surface area contributed by atoms with E-state index in [1.165, 1.54) is 63.2 Å². The third kappa shape index (κ3) is 5.80. The zero-order chi connectivity index (χ0) is 27.7. The molecule has 5 heteroatoms. The number of nitrogens with zero attached hydrogens (tertiary/aromatic N) is 1. The van der Waals surface area contributed by atoms with Gasteiger partial charge in [-0.3, -0.25) is 0 Å². The second-order valence-corrected chi connectivity index (χ2v) is 15.9. The number of esters is 1. The van der Waals surface area contributed by atoms with Gasteiger partial charge in [-0.05, 0) is 5.92 Å². The van der Waals surface area contributed by atoms with Crippen LogP contribution in [0.15, 0.2) is 11.6 Å². The molecule has 0 bridgehead atoms. The van der Waals surface area contributed by atoms with E-state index in [9.17, 15) is 9.90 Å². The summed E-state index contributed by atoms with van der Waals surface area (Å²) in [5, 5.41) is 20.2. The number of aliphatic hydroxyl groups is 1. The van der Waals surface area contributed by atoms with Crippen LogP contribution in [-0.4, -0.2) is 32.7 Å². The topological polar surface area (TPSA) is 70.3 Å². The van der Waals surface area contributed by atoms with Crippen LogP contribution >= 0.6 is 0 Å². The molecule has 0 aromatic heterocycles. The van der Waals surface area contributed by atoms with E-state index in [1.54, 1.807) is 0 Å². The number of hydrogen-bond donors (Lipinski definition) is 1. The molecule has 0 aromatic rings. The first-order valence-electron chi connectivity index (χ1n) is 15.6. The molecule has 38 heavy (non-hydrogen) atoms. The second-order valence-electron chi connectivity index (χ2n) is 14.5. The molecule has 4 rings (SSSR count). The fraction of sp³-hybridized carbons (Fsp3) is 0.879. The van der Waals surface area contributed by atoms with Gasteiger partial charge in [0, 0.05) is 0 Å². The number of hydrogen-bond acceptors (Lipinski definition) is 4. The first-order chi connectivity index (χ1) is 17.9. The van der Waals surface area contributed by atoms with Gasteiger partial charge in [-0.1, -0.05) is 26.7 Å². The first kappa shape index (κ1) is 30.1. The number of rotatable bonds is 10. The van der Waals surface area contributed by atoms with Crippen molar-refractivity contribution in [3.05, 3.63) is 11.6 Å². The molecule has 0 aliphatic heterocycles. The Hall–Kier alpha value is -0.821. The van der Waals surface area contributed by atoms with Crippen LogP contribution in [0.1, 0.15) is 125 Å². The molecule has 3 saturated carbocycles. The van der Waals surface area contributed by atoms with Gasteiger partial charge in [0.15, 0.2) is 0 Å². The van der Waals surface area contributed by atoms with Crippen molar-refractivity contribution >= 4 is 22.0 Å². The Kier molecular flexibility index (Phi) is 9.49. The predicted octanol–water partition coefficient (Wildman–Crippen LogP) is 7.64. The van der Waals surface area contributed by atoms with Crippen molar-refractivity contribution in [1.82, 2.24) is 0 Å². The second kappa shape index (κ2) is 12.0. The van der Waals surface area contributed by atoms with Gasteiger partial charge in [0.25, 0.3) is 0 Å². The van der Waals surface area contributed by atoms with Crippen LogP contribution < -0.4 is 0 Å². The Labute approximate surface area is 240 Å². The average Bonchev–Trinajstić information content (AvgIpc) is 3.21. The van der Waals surface area contributed by atoms with E-state index in [2.05, 4.69) is 61.4 Å². The van der Waals surface area contributed by atoms with Crippen molar-refractivity contribution < 1.29 is 14.6 Å². The third-order valence-corrected chi connectivity index (χ3v) is 13.6. The summed E-state index contributed by atoms with van der Waals surface area (Å²) in [5.74, 6) is 4.50. The summed E-state index contributed by atoms with van der Waals surface area (Å²) < 4.78 is 4.40. The third-order valence-electron chi connectivity index (χ3n) is 12.0. The van der Waals surface area contributed by atoms with Crippen LogP contribution in [-0.2, 0) is 9.53 Å². The monoisotopic (exact) mass is 591 g/mol. The van der Waals surface area contributed by atoms with Gasteiger partial charge in [-0.25, -0.2) is 0 Å². The Morgan fingerprint density at radius 1 is 1.11 bits per heavy atom. The number of ether oxygens (including phenoxy) is 1. The minimum absolute atomic E-state index is 0.0653. The van der Waals surface area contributed by atoms with E-state index < -0.39 is 11.6 Å². The summed E-state index contributed by atoms with van der Waals surface area (Å²) in [6.45, 7) is 12.5. The molecule has 0 radical (unpaired) electrons. The number of nitriles is 1. The van der Waals surface area contributed by atoms with E-state index >= 15 is 0 Å². The van der Waals surface area contributed by atoms with Crippen molar-refractivity contribution in [3.8, 4) is 6.26 Å². The maximum atomic E-state index is 11.7. The van der Waals surface area contributed by atoms with Crippen LogP contribution in [0.25, 0.3) is 0 Å². The number of carbonyl (C=O) groups excluding carboxylic acids is 1. The van der Waals surface area contributed by atoms with Crippen molar-refractivity contribution in [2.45, 2.75) is 135 Å². The summed E-state index contributed by atoms with van der Waals surface area (Å²) in [4.78, 5) is 11.6. The molecule has 214 valence electrons. The first-order valence-corrected chi connectivity index (χ1v) is 16.7.